The summed E-state index contributed by atoms with van der Waals surface area (Å²) >= 11 is 3.17. The highest BCUT2D eigenvalue weighted by Gasteiger charge is 2.64. The SMILES string of the molecule is CC(C)CSC1C2=C[C@@H](OC2=O)C2C(SCC(C)C)C(=O)O[C@H]2C[C@]2(C)OC2C1O. The summed E-state index contributed by atoms with van der Waals surface area (Å²) in [4.78, 5) is 25.6. The van der Waals surface area contributed by atoms with Gasteiger partial charge in [0, 0.05) is 6.42 Å². The number of hydrogen-bond acceptors (Lipinski definition) is 8. The maximum absolute atomic E-state index is 12.8. The molecule has 3 heterocycles. The maximum atomic E-state index is 12.8. The summed E-state index contributed by atoms with van der Waals surface area (Å²) in [6, 6.07) is 0. The summed E-state index contributed by atoms with van der Waals surface area (Å²) in [7, 11) is 0. The third-order valence-corrected chi connectivity index (χ3v) is 9.65. The topological polar surface area (TPSA) is 85.4 Å². The molecule has 0 aromatic heterocycles. The van der Waals surface area contributed by atoms with E-state index in [2.05, 4.69) is 27.7 Å². The molecule has 4 rings (SSSR count). The van der Waals surface area contributed by atoms with Crippen molar-refractivity contribution in [1.82, 2.24) is 0 Å². The normalized spacial score (nSPS) is 42.5. The molecule has 3 aliphatic heterocycles. The first kappa shape index (κ1) is 22.5. The van der Waals surface area contributed by atoms with Gasteiger partial charge in [0.25, 0.3) is 0 Å². The van der Waals surface area contributed by atoms with Crippen LogP contribution in [0.5, 0.6) is 0 Å². The van der Waals surface area contributed by atoms with E-state index in [1.165, 1.54) is 0 Å². The average Bonchev–Trinajstić information content (AvgIpc) is 3.01. The van der Waals surface area contributed by atoms with Crippen LogP contribution in [0.3, 0.4) is 0 Å². The smallest absolute Gasteiger partial charge is 0.335 e. The van der Waals surface area contributed by atoms with Crippen molar-refractivity contribution in [1.29, 1.82) is 0 Å². The number of aliphatic hydroxyl groups is 1. The van der Waals surface area contributed by atoms with E-state index in [1.54, 1.807) is 23.5 Å². The van der Waals surface area contributed by atoms with Crippen LogP contribution < -0.4 is 0 Å². The molecule has 0 spiro atoms. The number of hydrogen-bond donors (Lipinski definition) is 1. The van der Waals surface area contributed by atoms with Gasteiger partial charge in [-0.25, -0.2) is 4.79 Å². The molecule has 8 heteroatoms. The first-order valence-corrected chi connectivity index (χ1v) is 12.9. The lowest BCUT2D eigenvalue weighted by molar-refractivity contribution is -0.143. The largest absolute Gasteiger partial charge is 0.461 e. The molecule has 6 nitrogen and oxygen atoms in total. The Morgan fingerprint density at radius 3 is 2.37 bits per heavy atom. The lowest BCUT2D eigenvalue weighted by Gasteiger charge is -2.27. The van der Waals surface area contributed by atoms with Gasteiger partial charge in [-0.05, 0) is 36.3 Å². The van der Waals surface area contributed by atoms with Crippen LogP contribution in [0.2, 0.25) is 0 Å². The van der Waals surface area contributed by atoms with Crippen molar-refractivity contribution < 1.29 is 28.9 Å². The number of aliphatic hydroxyl groups excluding tert-OH is 1. The van der Waals surface area contributed by atoms with Crippen LogP contribution in [0.1, 0.15) is 41.0 Å². The monoisotopic (exact) mass is 456 g/mol. The summed E-state index contributed by atoms with van der Waals surface area (Å²) in [6.45, 7) is 10.4. The summed E-state index contributed by atoms with van der Waals surface area (Å²) < 4.78 is 17.5. The van der Waals surface area contributed by atoms with Crippen molar-refractivity contribution in [3.05, 3.63) is 11.6 Å². The summed E-state index contributed by atoms with van der Waals surface area (Å²) in [5.41, 5.74) is -0.0549. The molecule has 1 aliphatic carbocycles. The summed E-state index contributed by atoms with van der Waals surface area (Å²) in [5, 5.41) is 10.3. The zero-order chi connectivity index (χ0) is 21.8. The molecule has 168 valence electrons. The second kappa shape index (κ2) is 8.34. The van der Waals surface area contributed by atoms with Gasteiger partial charge in [0.1, 0.15) is 23.6 Å². The van der Waals surface area contributed by atoms with Crippen molar-refractivity contribution in [2.75, 3.05) is 11.5 Å². The fraction of sp³-hybridized carbons (Fsp3) is 0.818. The zero-order valence-electron chi connectivity index (χ0n) is 18.2. The Labute approximate surface area is 186 Å². The minimum Gasteiger partial charge on any atom is -0.461 e. The van der Waals surface area contributed by atoms with E-state index >= 15 is 0 Å². The van der Waals surface area contributed by atoms with Crippen molar-refractivity contribution in [3.63, 3.8) is 0 Å². The Bertz CT molecular complexity index is 737. The first-order chi connectivity index (χ1) is 14.1. The van der Waals surface area contributed by atoms with Crippen molar-refractivity contribution in [2.45, 2.75) is 81.6 Å². The zero-order valence-corrected chi connectivity index (χ0v) is 19.8. The predicted octanol–water partition coefficient (Wildman–Crippen LogP) is 2.82. The molecule has 0 amide bonds. The Balaban J connectivity index is 1.67. The van der Waals surface area contributed by atoms with E-state index in [4.69, 9.17) is 14.2 Å². The Morgan fingerprint density at radius 2 is 1.73 bits per heavy atom. The lowest BCUT2D eigenvalue weighted by Crippen LogP contribution is -2.39. The van der Waals surface area contributed by atoms with Crippen LogP contribution >= 0.6 is 23.5 Å². The molecule has 30 heavy (non-hydrogen) atoms. The Morgan fingerprint density at radius 1 is 1.10 bits per heavy atom. The number of carbonyl (C=O) groups is 2. The number of thioether (sulfide) groups is 2. The third-order valence-electron chi connectivity index (χ3n) is 6.17. The minimum absolute atomic E-state index is 0.236. The summed E-state index contributed by atoms with van der Waals surface area (Å²) in [6.07, 6.45) is 0.255. The van der Waals surface area contributed by atoms with Gasteiger partial charge in [-0.2, -0.15) is 11.8 Å². The summed E-state index contributed by atoms with van der Waals surface area (Å²) in [5.74, 6) is 1.66. The van der Waals surface area contributed by atoms with Gasteiger partial charge in [0.05, 0.1) is 28.4 Å². The fourth-order valence-electron chi connectivity index (χ4n) is 4.63. The number of ether oxygens (including phenoxy) is 3. The van der Waals surface area contributed by atoms with Crippen LogP contribution in [0, 0.1) is 17.8 Å². The predicted molar refractivity (Wildman–Crippen MR) is 117 cm³/mol. The van der Waals surface area contributed by atoms with Crippen LogP contribution in [0.25, 0.3) is 0 Å². The highest BCUT2D eigenvalue weighted by atomic mass is 32.2. The number of rotatable bonds is 6. The molecular formula is C22H32O6S2. The maximum Gasteiger partial charge on any atom is 0.335 e. The molecule has 0 saturated carbocycles. The second-order valence-electron chi connectivity index (χ2n) is 9.89. The van der Waals surface area contributed by atoms with E-state index in [1.807, 2.05) is 13.0 Å². The average molecular weight is 457 g/mol. The van der Waals surface area contributed by atoms with E-state index in [0.29, 0.717) is 23.8 Å². The Kier molecular flexibility index (Phi) is 6.25. The number of carbonyl (C=O) groups excluding carboxylic acids is 2. The van der Waals surface area contributed by atoms with E-state index in [0.717, 1.165) is 11.5 Å². The van der Waals surface area contributed by atoms with Crippen LogP contribution in [0.4, 0.5) is 0 Å². The molecular weight excluding hydrogens is 424 g/mol. The lowest BCUT2D eigenvalue weighted by atomic mass is 9.84. The number of epoxide rings is 1. The van der Waals surface area contributed by atoms with Crippen molar-refractivity contribution in [2.24, 2.45) is 17.8 Å². The number of fused-ring (bicyclic) bond motifs is 4. The number of esters is 2. The van der Waals surface area contributed by atoms with Crippen molar-refractivity contribution in [3.8, 4) is 0 Å². The van der Waals surface area contributed by atoms with Gasteiger partial charge in [0.15, 0.2) is 0 Å². The minimum atomic E-state index is -0.809. The second-order valence-corrected chi connectivity index (χ2v) is 12.2. The molecule has 1 N–H and O–H groups in total. The van der Waals surface area contributed by atoms with E-state index in [-0.39, 0.29) is 23.2 Å². The van der Waals surface area contributed by atoms with Crippen molar-refractivity contribution >= 4 is 35.5 Å². The Hall–Kier alpha value is -0.700. The van der Waals surface area contributed by atoms with Gasteiger partial charge < -0.3 is 19.3 Å². The van der Waals surface area contributed by atoms with E-state index < -0.39 is 35.1 Å². The molecule has 0 radical (unpaired) electrons. The quantitative estimate of drug-likeness (QED) is 0.482. The fourth-order valence-corrected chi connectivity index (χ4v) is 7.26. The van der Waals surface area contributed by atoms with Crippen LogP contribution in [0.15, 0.2) is 11.6 Å². The molecule has 0 aromatic carbocycles. The van der Waals surface area contributed by atoms with Crippen LogP contribution in [-0.4, -0.2) is 69.1 Å². The van der Waals surface area contributed by atoms with E-state index in [9.17, 15) is 14.7 Å². The highest BCUT2D eigenvalue weighted by molar-refractivity contribution is 8.00. The molecule has 2 bridgehead atoms. The van der Waals surface area contributed by atoms with Gasteiger partial charge in [0.2, 0.25) is 0 Å². The van der Waals surface area contributed by atoms with Gasteiger partial charge in [-0.1, -0.05) is 27.7 Å². The van der Waals surface area contributed by atoms with Gasteiger partial charge >= 0.3 is 11.9 Å². The highest BCUT2D eigenvalue weighted by Crippen LogP contribution is 2.51. The molecule has 4 aliphatic rings. The molecule has 5 unspecified atom stereocenters. The molecule has 0 aromatic rings. The third kappa shape index (κ3) is 4.17. The molecule has 2 fully saturated rings. The van der Waals surface area contributed by atoms with Crippen LogP contribution in [-0.2, 0) is 23.8 Å². The van der Waals surface area contributed by atoms with Gasteiger partial charge in [-0.3, -0.25) is 4.79 Å². The standard InChI is InChI=1S/C22H32O6S2/c1-10(2)8-29-17-12-6-13(26-20(12)24)15-14(7-22(5)19(28-22)16(17)23)27-21(25)18(15)30-9-11(3)4/h6,10-11,13-19,23H,7-9H2,1-5H3/t13-,14+,15?,16?,17?,18?,19?,22+/m1/s1. The first-order valence-electron chi connectivity index (χ1n) is 10.8. The van der Waals surface area contributed by atoms with Gasteiger partial charge in [-0.15, -0.1) is 11.8 Å². The molecule has 2 saturated heterocycles. The molecule has 8 atom stereocenters.